The van der Waals surface area contributed by atoms with Crippen LogP contribution in [0.4, 0.5) is 23.2 Å². The molecule has 2 aromatic carbocycles. The number of benzene rings is 2. The molecule has 4 rings (SSSR count). The van der Waals surface area contributed by atoms with E-state index >= 15 is 8.78 Å². The van der Waals surface area contributed by atoms with Crippen LogP contribution in [0.1, 0.15) is 5.56 Å². The highest BCUT2D eigenvalue weighted by Gasteiger charge is 2.58. The molecule has 11 heteroatoms. The molecule has 1 aliphatic rings. The summed E-state index contributed by atoms with van der Waals surface area (Å²) in [6.07, 6.45) is -2.14. The van der Waals surface area contributed by atoms with Crippen molar-refractivity contribution >= 4 is 5.69 Å². The van der Waals surface area contributed by atoms with Gasteiger partial charge in [-0.05, 0) is 36.4 Å². The van der Waals surface area contributed by atoms with Crippen LogP contribution in [0.15, 0.2) is 55.1 Å². The Morgan fingerprint density at radius 2 is 1.78 bits per heavy atom. The zero-order chi connectivity index (χ0) is 22.8. The van der Waals surface area contributed by atoms with Crippen molar-refractivity contribution in [3.8, 4) is 5.75 Å². The van der Waals surface area contributed by atoms with Crippen LogP contribution in [0.3, 0.4) is 0 Å². The lowest BCUT2D eigenvalue weighted by Crippen LogP contribution is -2.52. The molecule has 0 bridgehead atoms. The van der Waals surface area contributed by atoms with Crippen LogP contribution in [-0.4, -0.2) is 52.2 Å². The second kappa shape index (κ2) is 8.75. The third kappa shape index (κ3) is 4.39. The normalized spacial score (nSPS) is 16.6. The number of nitrogens with zero attached hydrogens (tertiary/aromatic N) is 4. The summed E-state index contributed by atoms with van der Waals surface area (Å²) in [5.74, 6) is -2.54. The molecular formula is C21H21F4N5O2. The first-order valence-corrected chi connectivity index (χ1v) is 9.91. The summed E-state index contributed by atoms with van der Waals surface area (Å²) >= 11 is 0. The van der Waals surface area contributed by atoms with E-state index in [9.17, 15) is 13.9 Å². The zero-order valence-electron chi connectivity index (χ0n) is 16.9. The van der Waals surface area contributed by atoms with Gasteiger partial charge in [0, 0.05) is 43.5 Å². The Morgan fingerprint density at radius 1 is 1.06 bits per heavy atom. The number of aromatic nitrogens is 3. The average molecular weight is 451 g/mol. The number of nitrogens with one attached hydrogen (secondary N) is 1. The number of ether oxygens (including phenoxy) is 1. The van der Waals surface area contributed by atoms with Crippen LogP contribution in [0.5, 0.6) is 5.75 Å². The van der Waals surface area contributed by atoms with E-state index in [4.69, 9.17) is 4.74 Å². The highest BCUT2D eigenvalue weighted by molar-refractivity contribution is 5.49. The van der Waals surface area contributed by atoms with E-state index in [1.807, 2.05) is 0 Å². The van der Waals surface area contributed by atoms with Gasteiger partial charge in [0.2, 0.25) is 5.60 Å². The smallest absolute Gasteiger partial charge is 0.430 e. The Bertz CT molecular complexity index is 1040. The summed E-state index contributed by atoms with van der Waals surface area (Å²) in [5, 5.41) is 18.0. The first-order chi connectivity index (χ1) is 15.3. The molecule has 1 fully saturated rings. The molecule has 0 amide bonds. The van der Waals surface area contributed by atoms with Gasteiger partial charge in [-0.3, -0.25) is 0 Å². The van der Waals surface area contributed by atoms with E-state index < -0.39 is 35.5 Å². The Kier molecular flexibility index (Phi) is 6.02. The topological polar surface area (TPSA) is 75.4 Å². The van der Waals surface area contributed by atoms with Crippen molar-refractivity contribution in [1.29, 1.82) is 0 Å². The van der Waals surface area contributed by atoms with E-state index in [0.29, 0.717) is 6.07 Å². The van der Waals surface area contributed by atoms with Crippen LogP contribution >= 0.6 is 0 Å². The molecule has 1 saturated heterocycles. The SMILES string of the molecule is OC(Cn1cncn1)(c1ccc(F)cc1F)C(F)(F)Oc1ccc(N2CCNCC2)cc1. The number of rotatable bonds is 7. The van der Waals surface area contributed by atoms with Gasteiger partial charge in [0.15, 0.2) is 0 Å². The molecule has 1 aliphatic heterocycles. The molecule has 0 spiro atoms. The van der Waals surface area contributed by atoms with Gasteiger partial charge in [-0.1, -0.05) is 0 Å². The molecular weight excluding hydrogens is 430 g/mol. The predicted molar refractivity (Wildman–Crippen MR) is 107 cm³/mol. The first-order valence-electron chi connectivity index (χ1n) is 9.91. The molecule has 1 unspecified atom stereocenters. The van der Waals surface area contributed by atoms with Gasteiger partial charge in [-0.15, -0.1) is 0 Å². The summed E-state index contributed by atoms with van der Waals surface area (Å²) in [4.78, 5) is 5.74. The molecule has 0 aliphatic carbocycles. The monoisotopic (exact) mass is 451 g/mol. The van der Waals surface area contributed by atoms with Gasteiger partial charge >= 0.3 is 6.11 Å². The van der Waals surface area contributed by atoms with Crippen LogP contribution < -0.4 is 15.0 Å². The maximum Gasteiger partial charge on any atom is 0.433 e. The Labute approximate surface area is 181 Å². The summed E-state index contributed by atoms with van der Waals surface area (Å²) in [6.45, 7) is 2.29. The van der Waals surface area contributed by atoms with Crippen LogP contribution in [-0.2, 0) is 12.1 Å². The van der Waals surface area contributed by atoms with Gasteiger partial charge in [-0.25, -0.2) is 18.4 Å². The molecule has 3 aromatic rings. The van der Waals surface area contributed by atoms with Crippen LogP contribution in [0, 0.1) is 11.6 Å². The summed E-state index contributed by atoms with van der Waals surface area (Å²) in [6, 6.07) is 7.91. The van der Waals surface area contributed by atoms with Crippen molar-refractivity contribution in [3.05, 3.63) is 72.3 Å². The fraction of sp³-hybridized carbons (Fsp3) is 0.333. The van der Waals surface area contributed by atoms with Crippen molar-refractivity contribution < 1.29 is 27.4 Å². The van der Waals surface area contributed by atoms with Crippen molar-refractivity contribution in [1.82, 2.24) is 20.1 Å². The maximum absolute atomic E-state index is 15.4. The van der Waals surface area contributed by atoms with Gasteiger partial charge in [0.05, 0.1) is 6.54 Å². The fourth-order valence-corrected chi connectivity index (χ4v) is 3.59. The molecule has 0 saturated carbocycles. The minimum atomic E-state index is -4.31. The fourth-order valence-electron chi connectivity index (χ4n) is 3.59. The molecule has 2 heterocycles. The van der Waals surface area contributed by atoms with Crippen LogP contribution in [0.2, 0.25) is 0 Å². The third-order valence-corrected chi connectivity index (χ3v) is 5.28. The molecule has 2 N–H and O–H groups in total. The lowest BCUT2D eigenvalue weighted by molar-refractivity contribution is -0.301. The number of hydrogen-bond donors (Lipinski definition) is 2. The zero-order valence-corrected chi connectivity index (χ0v) is 16.9. The molecule has 1 atom stereocenters. The first kappa shape index (κ1) is 22.0. The van der Waals surface area contributed by atoms with Gasteiger partial charge in [0.1, 0.15) is 30.0 Å². The van der Waals surface area contributed by atoms with Crippen molar-refractivity contribution in [2.75, 3.05) is 31.1 Å². The highest BCUT2D eigenvalue weighted by atomic mass is 19.3. The number of aliphatic hydroxyl groups is 1. The number of anilines is 1. The third-order valence-electron chi connectivity index (χ3n) is 5.28. The minimum absolute atomic E-state index is 0.228. The standard InChI is InChI=1S/C21H21F4N5O2/c22-15-1-6-18(19(23)11-15)20(31,12-30-14-27-13-28-30)21(24,25)32-17-4-2-16(3-5-17)29-9-7-26-8-10-29/h1-6,11,13-14,26,31H,7-10,12H2. The Hall–Kier alpha value is -3.18. The van der Waals surface area contributed by atoms with Crippen molar-refractivity contribution in [2.45, 2.75) is 18.3 Å². The molecule has 0 radical (unpaired) electrons. The van der Waals surface area contributed by atoms with E-state index in [1.54, 1.807) is 12.1 Å². The quantitative estimate of drug-likeness (QED) is 0.538. The number of piperazine rings is 1. The Balaban J connectivity index is 1.63. The number of halogens is 4. The minimum Gasteiger partial charge on any atom is -0.430 e. The van der Waals surface area contributed by atoms with Gasteiger partial charge < -0.3 is 20.1 Å². The maximum atomic E-state index is 15.4. The Morgan fingerprint density at radius 3 is 2.41 bits per heavy atom. The van der Waals surface area contributed by atoms with Crippen molar-refractivity contribution in [3.63, 3.8) is 0 Å². The second-order valence-corrected chi connectivity index (χ2v) is 7.43. The van der Waals surface area contributed by atoms with E-state index in [1.165, 1.54) is 12.1 Å². The molecule has 32 heavy (non-hydrogen) atoms. The molecule has 170 valence electrons. The summed E-state index contributed by atoms with van der Waals surface area (Å²) < 4.78 is 64.3. The van der Waals surface area contributed by atoms with Crippen molar-refractivity contribution in [2.24, 2.45) is 0 Å². The van der Waals surface area contributed by atoms with Crippen LogP contribution in [0.25, 0.3) is 0 Å². The molecule has 7 nitrogen and oxygen atoms in total. The largest absolute Gasteiger partial charge is 0.433 e. The average Bonchev–Trinajstić information content (AvgIpc) is 3.27. The highest BCUT2D eigenvalue weighted by Crippen LogP contribution is 2.42. The lowest BCUT2D eigenvalue weighted by atomic mass is 9.91. The molecule has 1 aromatic heterocycles. The van der Waals surface area contributed by atoms with Gasteiger partial charge in [-0.2, -0.15) is 13.9 Å². The summed E-state index contributed by atoms with van der Waals surface area (Å²) in [5.41, 5.74) is -3.21. The van der Waals surface area contributed by atoms with Gasteiger partial charge in [0.25, 0.3) is 0 Å². The number of hydrogen-bond acceptors (Lipinski definition) is 6. The summed E-state index contributed by atoms with van der Waals surface area (Å²) in [7, 11) is 0. The predicted octanol–water partition coefficient (Wildman–Crippen LogP) is 2.53. The second-order valence-electron chi connectivity index (χ2n) is 7.43. The van der Waals surface area contributed by atoms with E-state index in [0.717, 1.165) is 61.3 Å². The van der Waals surface area contributed by atoms with E-state index in [-0.39, 0.29) is 5.75 Å². The van der Waals surface area contributed by atoms with E-state index in [2.05, 4.69) is 20.3 Å². The number of alkyl halides is 2. The lowest BCUT2D eigenvalue weighted by Gasteiger charge is -2.35.